The minimum Gasteiger partial charge on any atom is -0.305 e. The predicted octanol–water partition coefficient (Wildman–Crippen LogP) is 2.28. The fraction of sp³-hybridized carbons (Fsp3) is 0.273. The molecule has 0 amide bonds. The second-order valence-electron chi connectivity index (χ2n) is 2.81. The van der Waals surface area contributed by atoms with Gasteiger partial charge in [-0.2, -0.15) is 0 Å². The SMILES string of the molecule is C#CCNCCSc1ccc(F)c(F)c1. The molecule has 1 rings (SSSR count). The standard InChI is InChI=1S/C11H11F2NS/c1-2-5-14-6-7-15-9-3-4-10(12)11(13)8-9/h1,3-4,8,14H,5-7H2. The van der Waals surface area contributed by atoms with Crippen molar-refractivity contribution in [1.29, 1.82) is 0 Å². The van der Waals surface area contributed by atoms with Crippen LogP contribution in [0.15, 0.2) is 23.1 Å². The normalized spacial score (nSPS) is 9.93. The summed E-state index contributed by atoms with van der Waals surface area (Å²) in [6.07, 6.45) is 5.05. The van der Waals surface area contributed by atoms with Crippen molar-refractivity contribution in [3.8, 4) is 12.3 Å². The van der Waals surface area contributed by atoms with Gasteiger partial charge in [0.2, 0.25) is 0 Å². The van der Waals surface area contributed by atoms with E-state index in [4.69, 9.17) is 6.42 Å². The molecule has 4 heteroatoms. The second-order valence-corrected chi connectivity index (χ2v) is 3.97. The second kappa shape index (κ2) is 6.44. The van der Waals surface area contributed by atoms with Gasteiger partial charge in [-0.05, 0) is 18.2 Å². The zero-order valence-corrected chi connectivity index (χ0v) is 8.91. The molecular formula is C11H11F2NS. The van der Waals surface area contributed by atoms with Gasteiger partial charge < -0.3 is 5.32 Å². The summed E-state index contributed by atoms with van der Waals surface area (Å²) in [6.45, 7) is 1.27. The number of halogens is 2. The Morgan fingerprint density at radius 2 is 2.13 bits per heavy atom. The van der Waals surface area contributed by atoms with Crippen LogP contribution in [0.25, 0.3) is 0 Å². The summed E-state index contributed by atoms with van der Waals surface area (Å²) in [6, 6.07) is 3.89. The molecule has 1 aromatic carbocycles. The van der Waals surface area contributed by atoms with E-state index in [1.165, 1.54) is 17.8 Å². The average molecular weight is 227 g/mol. The van der Waals surface area contributed by atoms with E-state index in [-0.39, 0.29) is 0 Å². The van der Waals surface area contributed by atoms with Crippen LogP contribution >= 0.6 is 11.8 Å². The molecule has 0 aliphatic rings. The van der Waals surface area contributed by atoms with Crippen molar-refractivity contribution >= 4 is 11.8 Å². The van der Waals surface area contributed by atoms with Crippen LogP contribution in [0.5, 0.6) is 0 Å². The molecule has 1 nitrogen and oxygen atoms in total. The Kier molecular flexibility index (Phi) is 5.16. The third-order valence-corrected chi connectivity index (χ3v) is 2.66. The van der Waals surface area contributed by atoms with Crippen LogP contribution < -0.4 is 5.32 Å². The van der Waals surface area contributed by atoms with Crippen LogP contribution in [-0.4, -0.2) is 18.8 Å². The fourth-order valence-corrected chi connectivity index (χ4v) is 1.80. The maximum Gasteiger partial charge on any atom is 0.159 e. The van der Waals surface area contributed by atoms with Gasteiger partial charge in [-0.15, -0.1) is 18.2 Å². The monoisotopic (exact) mass is 227 g/mol. The molecule has 80 valence electrons. The van der Waals surface area contributed by atoms with Gasteiger partial charge in [0.25, 0.3) is 0 Å². The third kappa shape index (κ3) is 4.32. The number of benzene rings is 1. The lowest BCUT2D eigenvalue weighted by molar-refractivity contribution is 0.506. The Labute approximate surface area is 92.3 Å². The summed E-state index contributed by atoms with van der Waals surface area (Å²) in [7, 11) is 0. The van der Waals surface area contributed by atoms with Crippen LogP contribution in [-0.2, 0) is 0 Å². The molecule has 15 heavy (non-hydrogen) atoms. The smallest absolute Gasteiger partial charge is 0.159 e. The molecule has 1 aromatic rings. The third-order valence-electron chi connectivity index (χ3n) is 1.67. The largest absolute Gasteiger partial charge is 0.305 e. The summed E-state index contributed by atoms with van der Waals surface area (Å²) in [5, 5.41) is 3.01. The molecule has 0 saturated heterocycles. The Balaban J connectivity index is 2.32. The number of terminal acetylenes is 1. The van der Waals surface area contributed by atoms with Gasteiger partial charge in [-0.1, -0.05) is 5.92 Å². The van der Waals surface area contributed by atoms with Crippen LogP contribution in [0.1, 0.15) is 0 Å². The van der Waals surface area contributed by atoms with E-state index < -0.39 is 11.6 Å². The van der Waals surface area contributed by atoms with Gasteiger partial charge in [0, 0.05) is 17.2 Å². The first-order valence-electron chi connectivity index (χ1n) is 4.46. The van der Waals surface area contributed by atoms with E-state index in [9.17, 15) is 8.78 Å². The van der Waals surface area contributed by atoms with Crippen LogP contribution in [0, 0.1) is 24.0 Å². The van der Waals surface area contributed by atoms with Crippen LogP contribution in [0.4, 0.5) is 8.78 Å². The van der Waals surface area contributed by atoms with Crippen molar-refractivity contribution in [2.45, 2.75) is 4.90 Å². The summed E-state index contributed by atoms with van der Waals surface area (Å²) < 4.78 is 25.3. The summed E-state index contributed by atoms with van der Waals surface area (Å²) >= 11 is 1.46. The summed E-state index contributed by atoms with van der Waals surface area (Å²) in [4.78, 5) is 0.719. The Morgan fingerprint density at radius 3 is 2.80 bits per heavy atom. The highest BCUT2D eigenvalue weighted by Gasteiger charge is 2.02. The van der Waals surface area contributed by atoms with E-state index in [1.54, 1.807) is 6.07 Å². The number of hydrogen-bond donors (Lipinski definition) is 1. The van der Waals surface area contributed by atoms with Crippen molar-refractivity contribution in [3.05, 3.63) is 29.8 Å². The number of thioether (sulfide) groups is 1. The maximum absolute atomic E-state index is 12.8. The van der Waals surface area contributed by atoms with Gasteiger partial charge in [-0.25, -0.2) is 8.78 Å². The molecule has 0 bridgehead atoms. The van der Waals surface area contributed by atoms with Crippen LogP contribution in [0.3, 0.4) is 0 Å². The minimum atomic E-state index is -0.815. The Bertz CT molecular complexity index is 360. The quantitative estimate of drug-likeness (QED) is 0.470. The molecule has 0 aromatic heterocycles. The number of rotatable bonds is 5. The molecule has 1 N–H and O–H groups in total. The first-order chi connectivity index (χ1) is 7.24. The molecule has 0 atom stereocenters. The van der Waals surface area contributed by atoms with Gasteiger partial charge in [-0.3, -0.25) is 0 Å². The molecule has 0 fully saturated rings. The van der Waals surface area contributed by atoms with Crippen molar-refractivity contribution < 1.29 is 8.78 Å². The van der Waals surface area contributed by atoms with Gasteiger partial charge >= 0.3 is 0 Å². The maximum atomic E-state index is 12.8. The Hall–Kier alpha value is -1.05. The minimum absolute atomic E-state index is 0.526. The fourth-order valence-electron chi connectivity index (χ4n) is 0.968. The highest BCUT2D eigenvalue weighted by atomic mass is 32.2. The predicted molar refractivity (Wildman–Crippen MR) is 58.8 cm³/mol. The highest BCUT2D eigenvalue weighted by Crippen LogP contribution is 2.19. The molecule has 0 unspecified atom stereocenters. The van der Waals surface area contributed by atoms with Crippen molar-refractivity contribution in [1.82, 2.24) is 5.32 Å². The molecule has 0 spiro atoms. The lowest BCUT2D eigenvalue weighted by atomic mass is 10.3. The number of nitrogens with one attached hydrogen (secondary N) is 1. The molecular weight excluding hydrogens is 216 g/mol. The summed E-state index contributed by atoms with van der Waals surface area (Å²) in [5.74, 6) is 1.60. The van der Waals surface area contributed by atoms with Gasteiger partial charge in [0.1, 0.15) is 0 Å². The Morgan fingerprint density at radius 1 is 1.33 bits per heavy atom. The van der Waals surface area contributed by atoms with E-state index in [2.05, 4.69) is 11.2 Å². The average Bonchev–Trinajstić information content (AvgIpc) is 2.23. The van der Waals surface area contributed by atoms with E-state index in [1.807, 2.05) is 0 Å². The lowest BCUT2D eigenvalue weighted by Gasteiger charge is -2.02. The van der Waals surface area contributed by atoms with E-state index >= 15 is 0 Å². The molecule has 0 radical (unpaired) electrons. The highest BCUT2D eigenvalue weighted by molar-refractivity contribution is 7.99. The number of hydrogen-bond acceptors (Lipinski definition) is 2. The topological polar surface area (TPSA) is 12.0 Å². The van der Waals surface area contributed by atoms with Crippen LogP contribution in [0.2, 0.25) is 0 Å². The molecule has 0 aliphatic carbocycles. The first-order valence-corrected chi connectivity index (χ1v) is 5.44. The van der Waals surface area contributed by atoms with Crippen molar-refractivity contribution in [3.63, 3.8) is 0 Å². The lowest BCUT2D eigenvalue weighted by Crippen LogP contribution is -2.16. The molecule has 0 heterocycles. The van der Waals surface area contributed by atoms with Gasteiger partial charge in [0.15, 0.2) is 11.6 Å². The zero-order valence-electron chi connectivity index (χ0n) is 8.09. The molecule has 0 saturated carbocycles. The van der Waals surface area contributed by atoms with Crippen molar-refractivity contribution in [2.75, 3.05) is 18.8 Å². The summed E-state index contributed by atoms with van der Waals surface area (Å²) in [5.41, 5.74) is 0. The first kappa shape index (κ1) is 12.0. The van der Waals surface area contributed by atoms with E-state index in [0.29, 0.717) is 6.54 Å². The van der Waals surface area contributed by atoms with E-state index in [0.717, 1.165) is 23.3 Å². The molecule has 0 aliphatic heterocycles. The van der Waals surface area contributed by atoms with Gasteiger partial charge in [0.05, 0.1) is 6.54 Å². The zero-order chi connectivity index (χ0) is 11.1. The van der Waals surface area contributed by atoms with Crippen molar-refractivity contribution in [2.24, 2.45) is 0 Å².